The third-order valence-corrected chi connectivity index (χ3v) is 2.63. The van der Waals surface area contributed by atoms with Gasteiger partial charge in [-0.2, -0.15) is 5.10 Å². The number of ether oxygens (including phenoxy) is 1. The molecule has 3 N–H and O–H groups in total. The monoisotopic (exact) mass is 260 g/mol. The molecule has 0 aliphatic heterocycles. The van der Waals surface area contributed by atoms with Crippen molar-refractivity contribution in [3.8, 4) is 11.1 Å². The van der Waals surface area contributed by atoms with Crippen molar-refractivity contribution < 1.29 is 9.53 Å². The maximum absolute atomic E-state index is 10.9. The van der Waals surface area contributed by atoms with E-state index in [9.17, 15) is 4.79 Å². The predicted octanol–water partition coefficient (Wildman–Crippen LogP) is 1.49. The van der Waals surface area contributed by atoms with Gasteiger partial charge in [0.05, 0.1) is 12.7 Å². The molecule has 6 nitrogen and oxygen atoms in total. The van der Waals surface area contributed by atoms with Gasteiger partial charge in [0, 0.05) is 24.5 Å². The Morgan fingerprint density at radius 2 is 2.11 bits per heavy atom. The van der Waals surface area contributed by atoms with E-state index in [2.05, 4.69) is 10.4 Å². The Kier molecular flexibility index (Phi) is 4.02. The molecule has 0 aliphatic rings. The van der Waals surface area contributed by atoms with Crippen LogP contribution in [-0.2, 0) is 11.3 Å². The molecule has 0 spiro atoms. The summed E-state index contributed by atoms with van der Waals surface area (Å²) in [7, 11) is 1.52. The molecule has 100 valence electrons. The van der Waals surface area contributed by atoms with E-state index in [1.807, 2.05) is 30.5 Å². The molecule has 0 saturated heterocycles. The summed E-state index contributed by atoms with van der Waals surface area (Å²) >= 11 is 0. The van der Waals surface area contributed by atoms with Crippen molar-refractivity contribution in [1.29, 1.82) is 0 Å². The summed E-state index contributed by atoms with van der Waals surface area (Å²) in [6, 6.07) is 7.58. The summed E-state index contributed by atoms with van der Waals surface area (Å²) in [5.41, 5.74) is 8.42. The summed E-state index contributed by atoms with van der Waals surface area (Å²) in [4.78, 5) is 10.9. The van der Waals surface area contributed by atoms with Gasteiger partial charge in [0.15, 0.2) is 0 Å². The number of carbonyl (C=O) groups excluding carboxylic acids is 1. The second kappa shape index (κ2) is 5.90. The van der Waals surface area contributed by atoms with Gasteiger partial charge in [-0.25, -0.2) is 4.79 Å². The van der Waals surface area contributed by atoms with Crippen molar-refractivity contribution in [2.45, 2.75) is 6.54 Å². The van der Waals surface area contributed by atoms with Crippen molar-refractivity contribution in [3.05, 3.63) is 36.7 Å². The summed E-state index contributed by atoms with van der Waals surface area (Å²) in [5, 5.41) is 6.60. The van der Waals surface area contributed by atoms with Crippen LogP contribution < -0.4 is 11.1 Å². The predicted molar refractivity (Wildman–Crippen MR) is 72.5 cm³/mol. The van der Waals surface area contributed by atoms with Crippen molar-refractivity contribution in [2.75, 3.05) is 19.4 Å². The minimum absolute atomic E-state index is 0.280. The van der Waals surface area contributed by atoms with Crippen LogP contribution in [0, 0.1) is 0 Å². The van der Waals surface area contributed by atoms with E-state index in [1.165, 1.54) is 7.05 Å². The van der Waals surface area contributed by atoms with Crippen LogP contribution in [0.4, 0.5) is 10.5 Å². The second-order valence-electron chi connectivity index (χ2n) is 4.00. The third kappa shape index (κ3) is 3.48. The quantitative estimate of drug-likeness (QED) is 0.816. The molecule has 0 unspecified atom stereocenters. The molecule has 2 rings (SSSR count). The minimum atomic E-state index is -0.439. The van der Waals surface area contributed by atoms with E-state index in [-0.39, 0.29) is 6.61 Å². The van der Waals surface area contributed by atoms with Gasteiger partial charge in [-0.15, -0.1) is 0 Å². The number of nitrogens with zero attached hydrogens (tertiary/aromatic N) is 2. The Morgan fingerprint density at radius 1 is 1.37 bits per heavy atom. The van der Waals surface area contributed by atoms with Gasteiger partial charge in [-0.1, -0.05) is 12.1 Å². The van der Waals surface area contributed by atoms with Gasteiger partial charge < -0.3 is 15.8 Å². The molecule has 6 heteroatoms. The standard InChI is InChI=1S/C13H16N4O2/c1-15-13(18)19-7-6-17-9-11(8-16-17)10-2-4-12(14)5-3-10/h2-5,8-9H,6-7,14H2,1H3,(H,15,18). The van der Waals surface area contributed by atoms with Crippen molar-refractivity contribution >= 4 is 11.8 Å². The van der Waals surface area contributed by atoms with Gasteiger partial charge in [-0.05, 0) is 17.7 Å². The molecule has 1 amide bonds. The van der Waals surface area contributed by atoms with Crippen molar-refractivity contribution in [1.82, 2.24) is 15.1 Å². The Morgan fingerprint density at radius 3 is 2.79 bits per heavy atom. The van der Waals surface area contributed by atoms with Gasteiger partial charge in [0.2, 0.25) is 0 Å². The lowest BCUT2D eigenvalue weighted by Gasteiger charge is -2.03. The van der Waals surface area contributed by atoms with Gasteiger partial charge in [-0.3, -0.25) is 4.68 Å². The zero-order valence-electron chi connectivity index (χ0n) is 10.7. The fourth-order valence-corrected chi connectivity index (χ4v) is 1.61. The molecule has 1 aromatic heterocycles. The first kappa shape index (κ1) is 12.9. The molecular weight excluding hydrogens is 244 g/mol. The first-order valence-corrected chi connectivity index (χ1v) is 5.92. The zero-order valence-corrected chi connectivity index (χ0v) is 10.7. The van der Waals surface area contributed by atoms with Crippen LogP contribution >= 0.6 is 0 Å². The number of rotatable bonds is 4. The Labute approximate surface area is 111 Å². The lowest BCUT2D eigenvalue weighted by atomic mass is 10.1. The number of nitrogens with two attached hydrogens (primary N) is 1. The highest BCUT2D eigenvalue weighted by Gasteiger charge is 2.03. The Bertz CT molecular complexity index is 548. The second-order valence-corrected chi connectivity index (χ2v) is 4.00. The highest BCUT2D eigenvalue weighted by Crippen LogP contribution is 2.19. The van der Waals surface area contributed by atoms with Crippen LogP contribution in [0.15, 0.2) is 36.7 Å². The highest BCUT2D eigenvalue weighted by atomic mass is 16.5. The largest absolute Gasteiger partial charge is 0.448 e. The van der Waals surface area contributed by atoms with Crippen molar-refractivity contribution in [3.63, 3.8) is 0 Å². The van der Waals surface area contributed by atoms with E-state index in [4.69, 9.17) is 10.5 Å². The van der Waals surface area contributed by atoms with Crippen LogP contribution in [-0.4, -0.2) is 29.5 Å². The third-order valence-electron chi connectivity index (χ3n) is 2.63. The molecule has 1 heterocycles. The van der Waals surface area contributed by atoms with E-state index in [0.29, 0.717) is 6.54 Å². The molecule has 0 saturated carbocycles. The summed E-state index contributed by atoms with van der Waals surface area (Å²) in [6.45, 7) is 0.797. The van der Waals surface area contributed by atoms with Crippen LogP contribution in [0.5, 0.6) is 0 Å². The molecule has 0 bridgehead atoms. The topological polar surface area (TPSA) is 82.2 Å². The number of aromatic nitrogens is 2. The molecular formula is C13H16N4O2. The number of hydrogen-bond donors (Lipinski definition) is 2. The number of nitrogen functional groups attached to an aromatic ring is 1. The normalized spacial score (nSPS) is 10.2. The van der Waals surface area contributed by atoms with Gasteiger partial charge in [0.25, 0.3) is 0 Å². The number of alkyl carbamates (subject to hydrolysis) is 1. The SMILES string of the molecule is CNC(=O)OCCn1cc(-c2ccc(N)cc2)cn1. The number of nitrogens with one attached hydrogen (secondary N) is 1. The Hall–Kier alpha value is -2.50. The van der Waals surface area contributed by atoms with E-state index in [1.54, 1.807) is 10.9 Å². The van der Waals surface area contributed by atoms with Gasteiger partial charge >= 0.3 is 6.09 Å². The smallest absolute Gasteiger partial charge is 0.406 e. The van der Waals surface area contributed by atoms with Crippen LogP contribution in [0.2, 0.25) is 0 Å². The Balaban J connectivity index is 1.95. The first-order valence-electron chi connectivity index (χ1n) is 5.92. The molecule has 0 fully saturated rings. The number of amides is 1. The zero-order chi connectivity index (χ0) is 13.7. The maximum atomic E-state index is 10.9. The lowest BCUT2D eigenvalue weighted by Crippen LogP contribution is -2.21. The van der Waals surface area contributed by atoms with Crippen LogP contribution in [0.3, 0.4) is 0 Å². The fraction of sp³-hybridized carbons (Fsp3) is 0.231. The molecule has 0 atom stereocenters. The van der Waals surface area contributed by atoms with Crippen molar-refractivity contribution in [2.24, 2.45) is 0 Å². The summed E-state index contributed by atoms with van der Waals surface area (Å²) in [6.07, 6.45) is 3.23. The molecule has 19 heavy (non-hydrogen) atoms. The number of hydrogen-bond acceptors (Lipinski definition) is 4. The van der Waals surface area contributed by atoms with Crippen LogP contribution in [0.1, 0.15) is 0 Å². The molecule has 0 aliphatic carbocycles. The summed E-state index contributed by atoms with van der Waals surface area (Å²) in [5.74, 6) is 0. The molecule has 2 aromatic rings. The summed E-state index contributed by atoms with van der Waals surface area (Å²) < 4.78 is 6.63. The average molecular weight is 260 g/mol. The average Bonchev–Trinajstić information content (AvgIpc) is 2.88. The maximum Gasteiger partial charge on any atom is 0.406 e. The number of carbonyl (C=O) groups is 1. The number of benzene rings is 1. The van der Waals surface area contributed by atoms with E-state index in [0.717, 1.165) is 16.8 Å². The molecule has 0 radical (unpaired) electrons. The highest BCUT2D eigenvalue weighted by molar-refractivity contribution is 5.66. The van der Waals surface area contributed by atoms with E-state index < -0.39 is 6.09 Å². The van der Waals surface area contributed by atoms with Gasteiger partial charge in [0.1, 0.15) is 6.61 Å². The van der Waals surface area contributed by atoms with E-state index >= 15 is 0 Å². The fourth-order valence-electron chi connectivity index (χ4n) is 1.61. The lowest BCUT2D eigenvalue weighted by molar-refractivity contribution is 0.143. The molecule has 1 aromatic carbocycles. The minimum Gasteiger partial charge on any atom is -0.448 e. The number of anilines is 1. The first-order chi connectivity index (χ1) is 9.19. The van der Waals surface area contributed by atoms with Crippen LogP contribution in [0.25, 0.3) is 11.1 Å².